The molecule has 0 unspecified atom stereocenters. The van der Waals surface area contributed by atoms with Crippen LogP contribution in [0.15, 0.2) is 54.7 Å². The summed E-state index contributed by atoms with van der Waals surface area (Å²) in [5, 5.41) is 6.89. The molecule has 0 atom stereocenters. The number of nitrogens with one attached hydrogen (secondary N) is 1. The Morgan fingerprint density at radius 3 is 2.65 bits per heavy atom. The van der Waals surface area contributed by atoms with Gasteiger partial charge in [-0.3, -0.25) is 9.59 Å². The summed E-state index contributed by atoms with van der Waals surface area (Å²) >= 11 is 0. The summed E-state index contributed by atoms with van der Waals surface area (Å²) in [5.41, 5.74) is 2.20. The maximum absolute atomic E-state index is 14.0. The fourth-order valence-electron chi connectivity index (χ4n) is 2.67. The molecule has 1 aromatic heterocycles. The van der Waals surface area contributed by atoms with E-state index in [1.54, 1.807) is 56.3 Å². The molecule has 3 rings (SSSR count). The lowest BCUT2D eigenvalue weighted by Crippen LogP contribution is -2.13. The highest BCUT2D eigenvalue weighted by atomic mass is 19.1. The molecular weight excluding hydrogens is 333 g/mol. The molecule has 3 aromatic rings. The lowest BCUT2D eigenvalue weighted by atomic mass is 10.1. The van der Waals surface area contributed by atoms with Gasteiger partial charge in [-0.25, -0.2) is 9.07 Å². The summed E-state index contributed by atoms with van der Waals surface area (Å²) in [6.07, 6.45) is 1.80. The van der Waals surface area contributed by atoms with Gasteiger partial charge in [0.1, 0.15) is 11.5 Å². The number of benzene rings is 2. The smallest absolute Gasteiger partial charge is 0.259 e. The van der Waals surface area contributed by atoms with Crippen LogP contribution in [0.5, 0.6) is 0 Å². The van der Waals surface area contributed by atoms with E-state index in [1.165, 1.54) is 16.9 Å². The van der Waals surface area contributed by atoms with E-state index in [0.717, 1.165) is 0 Å². The van der Waals surface area contributed by atoms with E-state index in [-0.39, 0.29) is 17.4 Å². The molecule has 26 heavy (non-hydrogen) atoms. The van der Waals surface area contributed by atoms with Crippen molar-refractivity contribution in [2.75, 3.05) is 5.32 Å². The van der Waals surface area contributed by atoms with Gasteiger partial charge in [0.15, 0.2) is 5.78 Å². The first kappa shape index (κ1) is 17.5. The van der Waals surface area contributed by atoms with Crippen molar-refractivity contribution in [3.63, 3.8) is 0 Å². The summed E-state index contributed by atoms with van der Waals surface area (Å²) in [6, 6.07) is 13.0. The number of halogens is 1. The second-order valence-corrected chi connectivity index (χ2v) is 5.82. The summed E-state index contributed by atoms with van der Waals surface area (Å²) in [6.45, 7) is 3.49. The normalized spacial score (nSPS) is 10.6. The van der Waals surface area contributed by atoms with Gasteiger partial charge in [-0.2, -0.15) is 5.10 Å². The average Bonchev–Trinajstić information content (AvgIpc) is 3.03. The Bertz CT molecular complexity index is 979. The van der Waals surface area contributed by atoms with Gasteiger partial charge >= 0.3 is 0 Å². The number of ketones is 1. The number of aromatic nitrogens is 2. The van der Waals surface area contributed by atoms with E-state index < -0.39 is 5.82 Å². The van der Waals surface area contributed by atoms with Gasteiger partial charge in [0, 0.05) is 17.7 Å². The van der Waals surface area contributed by atoms with Crippen LogP contribution in [-0.4, -0.2) is 21.5 Å². The fourth-order valence-corrected chi connectivity index (χ4v) is 2.67. The highest BCUT2D eigenvalue weighted by Crippen LogP contribution is 2.19. The van der Waals surface area contributed by atoms with Crippen LogP contribution in [0.4, 0.5) is 10.1 Å². The van der Waals surface area contributed by atoms with Gasteiger partial charge in [-0.15, -0.1) is 0 Å². The van der Waals surface area contributed by atoms with E-state index in [9.17, 15) is 14.0 Å². The van der Waals surface area contributed by atoms with Gasteiger partial charge in [-0.05, 0) is 31.2 Å². The number of amides is 1. The largest absolute Gasteiger partial charge is 0.322 e. The number of rotatable bonds is 5. The number of hydrogen-bond acceptors (Lipinski definition) is 3. The minimum atomic E-state index is -0.420. The van der Waals surface area contributed by atoms with Gasteiger partial charge in [-0.1, -0.05) is 31.2 Å². The Hall–Kier alpha value is -3.28. The van der Waals surface area contributed by atoms with Crippen LogP contribution in [0, 0.1) is 12.7 Å². The van der Waals surface area contributed by atoms with E-state index in [2.05, 4.69) is 10.4 Å². The van der Waals surface area contributed by atoms with Gasteiger partial charge in [0.2, 0.25) is 0 Å². The number of carbonyl (C=O) groups excluding carboxylic acids is 2. The number of anilines is 1. The van der Waals surface area contributed by atoms with Crippen molar-refractivity contribution in [2.45, 2.75) is 20.3 Å². The first-order chi connectivity index (χ1) is 12.5. The Morgan fingerprint density at radius 2 is 1.92 bits per heavy atom. The van der Waals surface area contributed by atoms with Crippen LogP contribution in [-0.2, 0) is 0 Å². The Balaban J connectivity index is 1.86. The third-order valence-electron chi connectivity index (χ3n) is 4.10. The zero-order valence-corrected chi connectivity index (χ0v) is 14.5. The number of Topliss-reactive ketones (excluding diaryl/α,β-unsaturated/α-hetero) is 1. The number of nitrogens with zero attached hydrogens (tertiary/aromatic N) is 2. The molecule has 6 heteroatoms. The lowest BCUT2D eigenvalue weighted by molar-refractivity contribution is 0.0985. The zero-order valence-electron chi connectivity index (χ0n) is 14.5. The second kappa shape index (κ2) is 7.31. The summed E-state index contributed by atoms with van der Waals surface area (Å²) < 4.78 is 15.4. The fraction of sp³-hybridized carbons (Fsp3) is 0.150. The maximum Gasteiger partial charge on any atom is 0.259 e. The predicted molar refractivity (Wildman–Crippen MR) is 97.3 cm³/mol. The van der Waals surface area contributed by atoms with Crippen LogP contribution in [0.3, 0.4) is 0 Å². The standard InChI is InChI=1S/C20H18FN3O2/c1-3-19(25)14-7-6-8-15(11-14)23-20(26)16-12-22-24(13(16)2)18-10-5-4-9-17(18)21/h4-12H,3H2,1-2H3,(H,23,26). The SMILES string of the molecule is CCC(=O)c1cccc(NC(=O)c2cnn(-c3ccccc3F)c2C)c1. The zero-order chi connectivity index (χ0) is 18.7. The summed E-state index contributed by atoms with van der Waals surface area (Å²) in [5.74, 6) is -0.785. The average molecular weight is 351 g/mol. The molecule has 0 saturated heterocycles. The highest BCUT2D eigenvalue weighted by molar-refractivity contribution is 6.05. The van der Waals surface area contributed by atoms with Crippen molar-refractivity contribution in [2.24, 2.45) is 0 Å². The van der Waals surface area contributed by atoms with E-state index >= 15 is 0 Å². The van der Waals surface area contributed by atoms with Crippen molar-refractivity contribution in [1.82, 2.24) is 9.78 Å². The molecule has 0 saturated carbocycles. The quantitative estimate of drug-likeness (QED) is 0.702. The number of carbonyl (C=O) groups is 2. The van der Waals surface area contributed by atoms with Gasteiger partial charge in [0.05, 0.1) is 17.5 Å². The second-order valence-electron chi connectivity index (χ2n) is 5.82. The third kappa shape index (κ3) is 3.39. The molecule has 1 heterocycles. The van der Waals surface area contributed by atoms with E-state index in [4.69, 9.17) is 0 Å². The van der Waals surface area contributed by atoms with Crippen molar-refractivity contribution >= 4 is 17.4 Å². The topological polar surface area (TPSA) is 64.0 Å². The van der Waals surface area contributed by atoms with Crippen LogP contribution in [0.25, 0.3) is 5.69 Å². The van der Waals surface area contributed by atoms with Crippen molar-refractivity contribution in [1.29, 1.82) is 0 Å². The molecule has 132 valence electrons. The Kier molecular flexibility index (Phi) is 4.93. The Morgan fingerprint density at radius 1 is 1.15 bits per heavy atom. The predicted octanol–water partition coefficient (Wildman–Crippen LogP) is 4.16. The molecular formula is C20H18FN3O2. The molecule has 0 radical (unpaired) electrons. The molecule has 2 aromatic carbocycles. The summed E-state index contributed by atoms with van der Waals surface area (Å²) in [7, 11) is 0. The first-order valence-electron chi connectivity index (χ1n) is 8.25. The molecule has 0 aliphatic rings. The van der Waals surface area contributed by atoms with Crippen molar-refractivity contribution in [3.8, 4) is 5.69 Å². The molecule has 0 bridgehead atoms. The molecule has 1 amide bonds. The first-order valence-corrected chi connectivity index (χ1v) is 8.25. The third-order valence-corrected chi connectivity index (χ3v) is 4.10. The molecule has 0 fully saturated rings. The minimum absolute atomic E-state index is 0.00431. The number of para-hydroxylation sites is 1. The van der Waals surface area contributed by atoms with Crippen molar-refractivity contribution in [3.05, 3.63) is 77.4 Å². The van der Waals surface area contributed by atoms with E-state index in [0.29, 0.717) is 28.9 Å². The molecule has 5 nitrogen and oxygen atoms in total. The monoisotopic (exact) mass is 351 g/mol. The summed E-state index contributed by atoms with van der Waals surface area (Å²) in [4.78, 5) is 24.4. The highest BCUT2D eigenvalue weighted by Gasteiger charge is 2.17. The van der Waals surface area contributed by atoms with Gasteiger partial charge in [0.25, 0.3) is 5.91 Å². The van der Waals surface area contributed by atoms with Crippen molar-refractivity contribution < 1.29 is 14.0 Å². The lowest BCUT2D eigenvalue weighted by Gasteiger charge is -2.08. The molecule has 1 N–H and O–H groups in total. The Labute approximate surface area is 150 Å². The van der Waals surface area contributed by atoms with Crippen LogP contribution in [0.2, 0.25) is 0 Å². The maximum atomic E-state index is 14.0. The molecule has 0 spiro atoms. The van der Waals surface area contributed by atoms with Crippen LogP contribution in [0.1, 0.15) is 39.8 Å². The molecule has 0 aliphatic carbocycles. The van der Waals surface area contributed by atoms with Crippen LogP contribution >= 0.6 is 0 Å². The minimum Gasteiger partial charge on any atom is -0.322 e. The van der Waals surface area contributed by atoms with E-state index in [1.807, 2.05) is 0 Å². The number of hydrogen-bond donors (Lipinski definition) is 1. The van der Waals surface area contributed by atoms with Crippen LogP contribution < -0.4 is 5.32 Å². The molecule has 0 aliphatic heterocycles. The van der Waals surface area contributed by atoms with Gasteiger partial charge < -0.3 is 5.32 Å².